The molecular weight excluding hydrogens is 419 g/mol. The number of hydrogen-bond acceptors (Lipinski definition) is 6. The number of aryl methyl sites for hydroxylation is 2. The lowest BCUT2D eigenvalue weighted by molar-refractivity contribution is 0.429. The van der Waals surface area contributed by atoms with Crippen molar-refractivity contribution in [1.29, 1.82) is 5.26 Å². The fraction of sp³-hybridized carbons (Fsp3) is 0.500. The van der Waals surface area contributed by atoms with Crippen molar-refractivity contribution in [3.63, 3.8) is 0 Å². The first-order valence-electron chi connectivity index (χ1n) is 10.3. The summed E-state index contributed by atoms with van der Waals surface area (Å²) in [5.41, 5.74) is 3.52. The van der Waals surface area contributed by atoms with Crippen LogP contribution in [0.4, 0.5) is 17.5 Å². The average molecular weight is 451 g/mol. The molecule has 2 N–H and O–H groups in total. The normalized spacial score (nSPS) is 15.5. The summed E-state index contributed by atoms with van der Waals surface area (Å²) in [5.74, 6) is 1.58. The molecule has 1 fully saturated rings. The van der Waals surface area contributed by atoms with Gasteiger partial charge in [-0.25, -0.2) is 4.98 Å². The molecule has 1 aromatic heterocycles. The number of halogens is 2. The van der Waals surface area contributed by atoms with E-state index in [1.807, 2.05) is 25.1 Å². The second-order valence-corrected chi connectivity index (χ2v) is 7.40. The minimum Gasteiger partial charge on any atom is -0.355 e. The zero-order valence-corrected chi connectivity index (χ0v) is 19.6. The van der Waals surface area contributed by atoms with E-state index in [9.17, 15) is 5.26 Å². The van der Waals surface area contributed by atoms with Crippen LogP contribution in [-0.4, -0.2) is 35.6 Å². The third kappa shape index (κ3) is 6.73. The van der Waals surface area contributed by atoms with E-state index >= 15 is 0 Å². The Morgan fingerprint density at radius 2 is 2.00 bits per heavy atom. The Morgan fingerprint density at radius 1 is 1.20 bits per heavy atom. The van der Waals surface area contributed by atoms with E-state index in [0.29, 0.717) is 17.6 Å². The molecule has 2 aromatic rings. The molecule has 1 aliphatic heterocycles. The molecule has 0 radical (unpaired) electrons. The lowest BCUT2D eigenvalue weighted by Crippen LogP contribution is -2.46. The van der Waals surface area contributed by atoms with Gasteiger partial charge in [0.15, 0.2) is 0 Å². The lowest BCUT2D eigenvalue weighted by atomic mass is 10.1. The second kappa shape index (κ2) is 12.6. The summed E-state index contributed by atoms with van der Waals surface area (Å²) in [5, 5.41) is 16.2. The molecule has 8 heteroatoms. The van der Waals surface area contributed by atoms with Gasteiger partial charge in [-0.15, -0.1) is 24.8 Å². The largest absolute Gasteiger partial charge is 0.355 e. The van der Waals surface area contributed by atoms with Crippen molar-refractivity contribution in [2.75, 3.05) is 29.9 Å². The zero-order chi connectivity index (χ0) is 19.9. The number of nitrogens with one attached hydrogen (secondary N) is 2. The van der Waals surface area contributed by atoms with Crippen molar-refractivity contribution < 1.29 is 0 Å². The van der Waals surface area contributed by atoms with Gasteiger partial charge in [0.2, 0.25) is 5.95 Å². The molecule has 3 rings (SSSR count). The molecule has 6 nitrogen and oxygen atoms in total. The van der Waals surface area contributed by atoms with E-state index in [1.54, 1.807) is 0 Å². The fourth-order valence-corrected chi connectivity index (χ4v) is 3.68. The van der Waals surface area contributed by atoms with Crippen LogP contribution in [0.3, 0.4) is 0 Å². The van der Waals surface area contributed by atoms with E-state index in [4.69, 9.17) is 9.97 Å². The molecule has 2 heterocycles. The first kappa shape index (κ1) is 26.0. The van der Waals surface area contributed by atoms with Gasteiger partial charge in [0.1, 0.15) is 5.82 Å². The summed E-state index contributed by atoms with van der Waals surface area (Å²) in [7, 11) is 0. The standard InChI is InChI=1S/C22H30N6.2ClH/c1-4-7-18-13-21(28-11-6-8-20(15-28)24-5-2)27-22(25-18)26-19-10-9-16(3)17(12-19)14-23;;/h9-10,12-13,20,24H,4-8,11,15H2,1-3H3,(H,25,26,27);2*1H/t20-;;/m0../s1. The monoisotopic (exact) mass is 450 g/mol. The molecule has 1 aromatic carbocycles. The van der Waals surface area contributed by atoms with E-state index in [-0.39, 0.29) is 24.8 Å². The molecule has 0 amide bonds. The highest BCUT2D eigenvalue weighted by Crippen LogP contribution is 2.23. The van der Waals surface area contributed by atoms with E-state index < -0.39 is 0 Å². The van der Waals surface area contributed by atoms with Crippen molar-refractivity contribution in [2.24, 2.45) is 0 Å². The summed E-state index contributed by atoms with van der Waals surface area (Å²) in [6.45, 7) is 9.24. The summed E-state index contributed by atoms with van der Waals surface area (Å²) in [6, 6.07) is 10.6. The van der Waals surface area contributed by atoms with E-state index in [0.717, 1.165) is 61.7 Å². The van der Waals surface area contributed by atoms with Crippen molar-refractivity contribution in [3.05, 3.63) is 41.1 Å². The molecule has 0 spiro atoms. The van der Waals surface area contributed by atoms with Crippen molar-refractivity contribution in [2.45, 2.75) is 52.5 Å². The number of nitriles is 1. The van der Waals surface area contributed by atoms with Crippen LogP contribution in [0.5, 0.6) is 0 Å². The molecule has 0 saturated carbocycles. The number of piperidine rings is 1. The molecule has 1 aliphatic rings. The van der Waals surface area contributed by atoms with E-state index in [2.05, 4.69) is 41.5 Å². The Kier molecular flexibility index (Phi) is 10.9. The molecule has 0 bridgehead atoms. The Hall–Kier alpha value is -2.07. The minimum absolute atomic E-state index is 0. The highest BCUT2D eigenvalue weighted by atomic mass is 35.5. The summed E-state index contributed by atoms with van der Waals surface area (Å²) < 4.78 is 0. The van der Waals surface area contributed by atoms with Crippen LogP contribution in [0, 0.1) is 18.3 Å². The second-order valence-electron chi connectivity index (χ2n) is 7.40. The smallest absolute Gasteiger partial charge is 0.229 e. The van der Waals surface area contributed by atoms with Gasteiger partial charge in [-0.05, 0) is 50.4 Å². The maximum absolute atomic E-state index is 9.28. The highest BCUT2D eigenvalue weighted by Gasteiger charge is 2.21. The van der Waals surface area contributed by atoms with Crippen LogP contribution >= 0.6 is 24.8 Å². The van der Waals surface area contributed by atoms with Gasteiger partial charge < -0.3 is 15.5 Å². The third-order valence-electron chi connectivity index (χ3n) is 5.12. The van der Waals surface area contributed by atoms with Gasteiger partial charge in [0.25, 0.3) is 0 Å². The molecule has 30 heavy (non-hydrogen) atoms. The van der Waals surface area contributed by atoms with Crippen molar-refractivity contribution in [3.8, 4) is 6.07 Å². The summed E-state index contributed by atoms with van der Waals surface area (Å²) >= 11 is 0. The van der Waals surface area contributed by atoms with Crippen LogP contribution in [0.1, 0.15) is 49.9 Å². The van der Waals surface area contributed by atoms with Gasteiger partial charge in [0, 0.05) is 36.6 Å². The lowest BCUT2D eigenvalue weighted by Gasteiger charge is -2.34. The molecule has 164 valence electrons. The zero-order valence-electron chi connectivity index (χ0n) is 17.9. The minimum atomic E-state index is 0. The van der Waals surface area contributed by atoms with Gasteiger partial charge >= 0.3 is 0 Å². The SMILES string of the molecule is CCCc1cc(N2CCC[C@H](NCC)C2)nc(Nc2ccc(C)c(C#N)c2)n1.Cl.Cl. The quantitative estimate of drug-likeness (QED) is 0.631. The predicted octanol–water partition coefficient (Wildman–Crippen LogP) is 4.77. The molecule has 1 atom stereocenters. The number of hydrogen-bond donors (Lipinski definition) is 2. The van der Waals surface area contributed by atoms with Gasteiger partial charge in [-0.3, -0.25) is 0 Å². The number of rotatable bonds is 7. The molecular formula is C22H32Cl2N6. The number of benzene rings is 1. The average Bonchev–Trinajstić information content (AvgIpc) is 2.70. The van der Waals surface area contributed by atoms with Crippen LogP contribution in [0.15, 0.2) is 24.3 Å². The first-order valence-corrected chi connectivity index (χ1v) is 10.3. The fourth-order valence-electron chi connectivity index (χ4n) is 3.68. The van der Waals surface area contributed by atoms with Gasteiger partial charge in [-0.2, -0.15) is 10.2 Å². The van der Waals surface area contributed by atoms with Gasteiger partial charge in [-0.1, -0.05) is 26.3 Å². The third-order valence-corrected chi connectivity index (χ3v) is 5.12. The van der Waals surface area contributed by atoms with Crippen LogP contribution in [-0.2, 0) is 6.42 Å². The molecule has 0 aliphatic carbocycles. The van der Waals surface area contributed by atoms with E-state index in [1.165, 1.54) is 6.42 Å². The molecule has 1 saturated heterocycles. The Morgan fingerprint density at radius 3 is 2.70 bits per heavy atom. The molecule has 0 unspecified atom stereocenters. The number of aromatic nitrogens is 2. The number of nitrogens with zero attached hydrogens (tertiary/aromatic N) is 4. The van der Waals surface area contributed by atoms with Crippen molar-refractivity contribution in [1.82, 2.24) is 15.3 Å². The number of likely N-dealkylation sites (N-methyl/N-ethyl adjacent to an activating group) is 1. The Bertz CT molecular complexity index is 850. The highest BCUT2D eigenvalue weighted by molar-refractivity contribution is 5.85. The summed E-state index contributed by atoms with van der Waals surface area (Å²) in [6.07, 6.45) is 4.34. The Balaban J connectivity index is 0.00000225. The topological polar surface area (TPSA) is 76.9 Å². The van der Waals surface area contributed by atoms with Crippen LogP contribution < -0.4 is 15.5 Å². The first-order chi connectivity index (χ1) is 13.6. The maximum Gasteiger partial charge on any atom is 0.229 e. The predicted molar refractivity (Wildman–Crippen MR) is 129 cm³/mol. The van der Waals surface area contributed by atoms with Crippen LogP contribution in [0.2, 0.25) is 0 Å². The Labute approximate surface area is 192 Å². The number of anilines is 3. The van der Waals surface area contributed by atoms with Gasteiger partial charge in [0.05, 0.1) is 11.6 Å². The summed E-state index contributed by atoms with van der Waals surface area (Å²) in [4.78, 5) is 11.9. The maximum atomic E-state index is 9.28. The van der Waals surface area contributed by atoms with Crippen molar-refractivity contribution >= 4 is 42.3 Å². The van der Waals surface area contributed by atoms with Crippen LogP contribution in [0.25, 0.3) is 0 Å².